The monoisotopic (exact) mass is 487 g/mol. The van der Waals surface area contributed by atoms with Gasteiger partial charge in [0.2, 0.25) is 15.9 Å². The van der Waals surface area contributed by atoms with Crippen LogP contribution in [0.4, 0.5) is 11.4 Å². The molecule has 2 aromatic rings. The average Bonchev–Trinajstić information content (AvgIpc) is 2.87. The highest BCUT2D eigenvalue weighted by Crippen LogP contribution is 2.32. The number of ether oxygens (including phenoxy) is 2. The number of benzene rings is 2. The first-order valence-electron chi connectivity index (χ1n) is 12.1. The Kier molecular flexibility index (Phi) is 8.29. The molecule has 2 aromatic carbocycles. The molecule has 2 aliphatic heterocycles. The lowest BCUT2D eigenvalue weighted by Gasteiger charge is -2.28. The Morgan fingerprint density at radius 2 is 1.62 bits per heavy atom. The zero-order valence-electron chi connectivity index (χ0n) is 19.4. The lowest BCUT2D eigenvalue weighted by atomic mass is 10.1. The Morgan fingerprint density at radius 1 is 0.882 bits per heavy atom. The minimum atomic E-state index is -3.62. The molecule has 0 aliphatic carbocycles. The van der Waals surface area contributed by atoms with Crippen molar-refractivity contribution in [3.8, 4) is 11.5 Å². The Hall–Kier alpha value is -2.78. The molecule has 0 aromatic heterocycles. The van der Waals surface area contributed by atoms with Crippen LogP contribution in [0.25, 0.3) is 0 Å². The van der Waals surface area contributed by atoms with Crippen LogP contribution in [0.3, 0.4) is 0 Å². The van der Waals surface area contributed by atoms with Crippen molar-refractivity contribution in [2.75, 3.05) is 43.1 Å². The van der Waals surface area contributed by atoms with Crippen molar-refractivity contribution >= 4 is 27.3 Å². The average molecular weight is 488 g/mol. The molecule has 1 fully saturated rings. The number of anilines is 2. The molecule has 9 heteroatoms. The van der Waals surface area contributed by atoms with Gasteiger partial charge in [0.1, 0.15) is 13.2 Å². The van der Waals surface area contributed by atoms with Gasteiger partial charge < -0.3 is 19.7 Å². The lowest BCUT2D eigenvalue weighted by Crippen LogP contribution is -2.29. The number of nitrogens with zero attached hydrogens (tertiary/aromatic N) is 1. The molecule has 34 heavy (non-hydrogen) atoms. The molecule has 2 N–H and O–H groups in total. The smallest absolute Gasteiger partial charge is 0.240 e. The third-order valence-corrected chi connectivity index (χ3v) is 7.53. The fraction of sp³-hybridized carbons (Fsp3) is 0.480. The van der Waals surface area contributed by atoms with Crippen molar-refractivity contribution in [3.05, 3.63) is 42.5 Å². The number of sulfonamides is 1. The van der Waals surface area contributed by atoms with Crippen LogP contribution in [0.2, 0.25) is 0 Å². The molecule has 0 radical (unpaired) electrons. The van der Waals surface area contributed by atoms with Crippen molar-refractivity contribution in [1.29, 1.82) is 0 Å². The molecule has 4 rings (SSSR count). The van der Waals surface area contributed by atoms with Crippen molar-refractivity contribution in [2.45, 2.75) is 49.8 Å². The Bertz CT molecular complexity index is 1070. The van der Waals surface area contributed by atoms with Crippen LogP contribution in [-0.2, 0) is 14.8 Å². The molecule has 0 atom stereocenters. The number of hydrogen-bond acceptors (Lipinski definition) is 6. The normalized spacial score (nSPS) is 15.7. The van der Waals surface area contributed by atoms with Gasteiger partial charge in [0.25, 0.3) is 0 Å². The largest absolute Gasteiger partial charge is 0.486 e. The van der Waals surface area contributed by atoms with Crippen LogP contribution in [-0.4, -0.2) is 47.2 Å². The van der Waals surface area contributed by atoms with E-state index in [4.69, 9.17) is 9.47 Å². The van der Waals surface area contributed by atoms with Gasteiger partial charge in [0, 0.05) is 43.5 Å². The van der Waals surface area contributed by atoms with Crippen molar-refractivity contribution in [1.82, 2.24) is 4.72 Å². The summed E-state index contributed by atoms with van der Waals surface area (Å²) >= 11 is 0. The molecule has 8 nitrogen and oxygen atoms in total. The van der Waals surface area contributed by atoms with E-state index in [0.717, 1.165) is 25.2 Å². The van der Waals surface area contributed by atoms with Crippen LogP contribution >= 0.6 is 0 Å². The number of carbonyl (C=O) groups excluding carboxylic acids is 1. The second kappa shape index (κ2) is 11.6. The van der Waals surface area contributed by atoms with Gasteiger partial charge in [-0.15, -0.1) is 0 Å². The molecule has 0 unspecified atom stereocenters. The van der Waals surface area contributed by atoms with Crippen LogP contribution in [0.5, 0.6) is 11.5 Å². The van der Waals surface area contributed by atoms with Gasteiger partial charge in [-0.1, -0.05) is 6.42 Å². The number of unbranched alkanes of at least 4 members (excludes halogenated alkanes) is 2. The number of hydrogen-bond donors (Lipinski definition) is 2. The number of rotatable bonds is 10. The van der Waals surface area contributed by atoms with E-state index in [1.54, 1.807) is 6.07 Å². The van der Waals surface area contributed by atoms with E-state index < -0.39 is 10.0 Å². The Labute approximate surface area is 201 Å². The van der Waals surface area contributed by atoms with E-state index in [9.17, 15) is 13.2 Å². The fourth-order valence-electron chi connectivity index (χ4n) is 4.20. The number of piperidine rings is 1. The lowest BCUT2D eigenvalue weighted by molar-refractivity contribution is -0.116. The number of nitrogens with one attached hydrogen (secondary N) is 2. The van der Waals surface area contributed by atoms with Gasteiger partial charge in [0.15, 0.2) is 11.5 Å². The predicted octanol–water partition coefficient (Wildman–Crippen LogP) is 3.93. The molecule has 184 valence electrons. The van der Waals surface area contributed by atoms with Crippen LogP contribution in [0.1, 0.15) is 44.9 Å². The maximum absolute atomic E-state index is 12.5. The molecule has 2 aliphatic rings. The van der Waals surface area contributed by atoms with Crippen molar-refractivity contribution in [3.63, 3.8) is 0 Å². The summed E-state index contributed by atoms with van der Waals surface area (Å²) in [5.41, 5.74) is 2.01. The maximum Gasteiger partial charge on any atom is 0.240 e. The summed E-state index contributed by atoms with van der Waals surface area (Å²) in [6.07, 6.45) is 6.28. The summed E-state index contributed by atoms with van der Waals surface area (Å²) in [4.78, 5) is 14.8. The standard InChI is InChI=1S/C25H33N3O5S/c29-25(27-20-8-10-21(11-9-20)28-15-5-2-6-16-28)7-3-1-4-14-26-34(30,31)22-12-13-23-24(19-22)33-18-17-32-23/h8-13,19,26H,1-7,14-18H2,(H,27,29). The molecule has 2 heterocycles. The fourth-order valence-corrected chi connectivity index (χ4v) is 5.29. The third kappa shape index (κ3) is 6.64. The summed E-state index contributed by atoms with van der Waals surface area (Å²) in [6.45, 7) is 3.37. The first kappa shape index (κ1) is 24.3. The second-order valence-corrected chi connectivity index (χ2v) is 10.4. The number of carbonyl (C=O) groups is 1. The summed E-state index contributed by atoms with van der Waals surface area (Å²) in [6, 6.07) is 12.6. The summed E-state index contributed by atoms with van der Waals surface area (Å²) < 4.78 is 38.5. The highest BCUT2D eigenvalue weighted by Gasteiger charge is 2.19. The van der Waals surface area contributed by atoms with E-state index in [1.165, 1.54) is 37.1 Å². The highest BCUT2D eigenvalue weighted by atomic mass is 32.2. The summed E-state index contributed by atoms with van der Waals surface area (Å²) in [5, 5.41) is 2.94. The maximum atomic E-state index is 12.5. The topological polar surface area (TPSA) is 97.0 Å². The molecule has 0 bridgehead atoms. The van der Waals surface area contributed by atoms with Crippen molar-refractivity contribution < 1.29 is 22.7 Å². The van der Waals surface area contributed by atoms with Crippen LogP contribution in [0.15, 0.2) is 47.4 Å². The quantitative estimate of drug-likeness (QED) is 0.493. The first-order chi connectivity index (χ1) is 16.5. The van der Waals surface area contributed by atoms with Gasteiger partial charge in [-0.05, 0) is 68.5 Å². The van der Waals surface area contributed by atoms with E-state index in [-0.39, 0.29) is 10.8 Å². The zero-order valence-corrected chi connectivity index (χ0v) is 20.2. The van der Waals surface area contributed by atoms with Gasteiger partial charge in [0.05, 0.1) is 4.90 Å². The molecule has 0 saturated carbocycles. The van der Waals surface area contributed by atoms with Crippen LogP contribution in [0, 0.1) is 0 Å². The molecular formula is C25H33N3O5S. The molecule has 1 saturated heterocycles. The van der Waals surface area contributed by atoms with E-state index in [1.807, 2.05) is 12.1 Å². The minimum Gasteiger partial charge on any atom is -0.486 e. The van der Waals surface area contributed by atoms with E-state index in [0.29, 0.717) is 50.5 Å². The Balaban J connectivity index is 1.13. The van der Waals surface area contributed by atoms with Gasteiger partial charge in [-0.2, -0.15) is 0 Å². The van der Waals surface area contributed by atoms with Gasteiger partial charge in [-0.25, -0.2) is 13.1 Å². The van der Waals surface area contributed by atoms with Gasteiger partial charge >= 0.3 is 0 Å². The molecule has 0 spiro atoms. The van der Waals surface area contributed by atoms with Crippen LogP contribution < -0.4 is 24.4 Å². The van der Waals surface area contributed by atoms with E-state index >= 15 is 0 Å². The molecular weight excluding hydrogens is 454 g/mol. The first-order valence-corrected chi connectivity index (χ1v) is 13.5. The molecule has 1 amide bonds. The van der Waals surface area contributed by atoms with Crippen molar-refractivity contribution in [2.24, 2.45) is 0 Å². The SMILES string of the molecule is O=C(CCCCCNS(=O)(=O)c1ccc2c(c1)OCCO2)Nc1ccc(N2CCCCC2)cc1. The third-order valence-electron chi connectivity index (χ3n) is 6.07. The van der Waals surface area contributed by atoms with E-state index in [2.05, 4.69) is 27.1 Å². The highest BCUT2D eigenvalue weighted by molar-refractivity contribution is 7.89. The van der Waals surface area contributed by atoms with Gasteiger partial charge in [-0.3, -0.25) is 4.79 Å². The minimum absolute atomic E-state index is 0.0254. The zero-order chi connectivity index (χ0) is 23.8. The Morgan fingerprint density at radius 3 is 2.38 bits per heavy atom. The summed E-state index contributed by atoms with van der Waals surface area (Å²) in [7, 11) is -3.62. The predicted molar refractivity (Wildman–Crippen MR) is 132 cm³/mol. The number of fused-ring (bicyclic) bond motifs is 1. The number of amides is 1. The summed E-state index contributed by atoms with van der Waals surface area (Å²) in [5.74, 6) is 0.977. The second-order valence-electron chi connectivity index (χ2n) is 8.66.